The number of aromatic nitrogens is 2. The van der Waals surface area contributed by atoms with Gasteiger partial charge >= 0.3 is 6.18 Å². The van der Waals surface area contributed by atoms with Crippen molar-refractivity contribution in [3.8, 4) is 0 Å². The van der Waals surface area contributed by atoms with Gasteiger partial charge in [-0.25, -0.2) is 4.98 Å². The van der Waals surface area contributed by atoms with Gasteiger partial charge in [0.1, 0.15) is 11.3 Å². The van der Waals surface area contributed by atoms with Gasteiger partial charge in [0.25, 0.3) is 0 Å². The fourth-order valence-electron chi connectivity index (χ4n) is 4.30. The molecule has 27 heavy (non-hydrogen) atoms. The number of H-pyrrole nitrogens is 1. The van der Waals surface area contributed by atoms with Crippen molar-refractivity contribution in [1.82, 2.24) is 19.8 Å². The number of hydrogen-bond donors (Lipinski definition) is 1. The Morgan fingerprint density at radius 2 is 2.00 bits per heavy atom. The number of fused-ring (bicyclic) bond motifs is 1. The normalized spacial score (nSPS) is 23.1. The fourth-order valence-corrected chi connectivity index (χ4v) is 4.30. The Morgan fingerprint density at radius 3 is 2.78 bits per heavy atom. The summed E-state index contributed by atoms with van der Waals surface area (Å²) < 4.78 is 46.0. The number of likely N-dealkylation sites (tertiary alicyclic amines) is 1. The number of ether oxygens (including phenoxy) is 1. The fraction of sp³-hybridized carbons (Fsp3) is 0.632. The molecule has 2 aliphatic heterocycles. The maximum absolute atomic E-state index is 13.5. The average molecular weight is 382 g/mol. The average Bonchev–Trinajstić information content (AvgIpc) is 3.02. The maximum atomic E-state index is 13.5. The minimum absolute atomic E-state index is 0.306. The van der Waals surface area contributed by atoms with Crippen molar-refractivity contribution in [1.29, 1.82) is 0 Å². The van der Waals surface area contributed by atoms with Crippen LogP contribution < -0.4 is 0 Å². The predicted octanol–water partition coefficient (Wildman–Crippen LogP) is 3.13. The van der Waals surface area contributed by atoms with Crippen LogP contribution in [-0.2, 0) is 17.5 Å². The van der Waals surface area contributed by atoms with Crippen LogP contribution in [0, 0.1) is 5.92 Å². The van der Waals surface area contributed by atoms with Crippen molar-refractivity contribution < 1.29 is 17.9 Å². The topological polar surface area (TPSA) is 44.4 Å². The predicted molar refractivity (Wildman–Crippen MR) is 96.4 cm³/mol. The van der Waals surface area contributed by atoms with E-state index in [-0.39, 0.29) is 0 Å². The van der Waals surface area contributed by atoms with E-state index in [9.17, 15) is 13.2 Å². The lowest BCUT2D eigenvalue weighted by molar-refractivity contribution is -0.141. The smallest absolute Gasteiger partial charge is 0.379 e. The van der Waals surface area contributed by atoms with Gasteiger partial charge in [-0.2, -0.15) is 13.2 Å². The van der Waals surface area contributed by atoms with Crippen molar-refractivity contribution in [2.24, 2.45) is 5.92 Å². The molecule has 2 aromatic heterocycles. The molecule has 0 amide bonds. The van der Waals surface area contributed by atoms with Crippen LogP contribution in [0.4, 0.5) is 13.2 Å². The van der Waals surface area contributed by atoms with Gasteiger partial charge in [-0.1, -0.05) is 0 Å². The SMILES string of the molecule is FC(F)(F)c1[nH]c2ncccc2c1CN1CCC[C@H](CN2CCOCC2)C1. The number of hydrogen-bond acceptors (Lipinski definition) is 4. The lowest BCUT2D eigenvalue weighted by Crippen LogP contribution is -2.44. The van der Waals surface area contributed by atoms with Crippen molar-refractivity contribution in [3.63, 3.8) is 0 Å². The van der Waals surface area contributed by atoms with Gasteiger partial charge in [0.2, 0.25) is 0 Å². The Morgan fingerprint density at radius 1 is 1.19 bits per heavy atom. The Bertz CT molecular complexity index is 770. The van der Waals surface area contributed by atoms with E-state index in [4.69, 9.17) is 4.74 Å². The molecule has 8 heteroatoms. The third-order valence-corrected chi connectivity index (χ3v) is 5.57. The number of aromatic amines is 1. The van der Waals surface area contributed by atoms with Crippen molar-refractivity contribution >= 4 is 11.0 Å². The Labute approximate surface area is 156 Å². The molecular weight excluding hydrogens is 357 g/mol. The summed E-state index contributed by atoms with van der Waals surface area (Å²) in [6.07, 6.45) is -0.729. The highest BCUT2D eigenvalue weighted by Crippen LogP contribution is 2.36. The monoisotopic (exact) mass is 382 g/mol. The molecule has 0 aromatic carbocycles. The van der Waals surface area contributed by atoms with E-state index in [1.54, 1.807) is 12.1 Å². The summed E-state index contributed by atoms with van der Waals surface area (Å²) in [5.41, 5.74) is -0.0363. The molecule has 1 N–H and O–H groups in total. The molecule has 4 heterocycles. The molecule has 0 spiro atoms. The summed E-state index contributed by atoms with van der Waals surface area (Å²) in [4.78, 5) is 11.1. The summed E-state index contributed by atoms with van der Waals surface area (Å²) in [5, 5.41) is 0.570. The van der Waals surface area contributed by atoms with E-state index in [0.29, 0.717) is 29.1 Å². The molecule has 2 aliphatic rings. The highest BCUT2D eigenvalue weighted by Gasteiger charge is 2.37. The van der Waals surface area contributed by atoms with Gasteiger partial charge in [-0.3, -0.25) is 9.80 Å². The van der Waals surface area contributed by atoms with E-state index in [1.165, 1.54) is 6.20 Å². The number of nitrogens with one attached hydrogen (secondary N) is 1. The Kier molecular flexibility index (Phi) is 5.39. The Hall–Kier alpha value is -1.64. The highest BCUT2D eigenvalue weighted by molar-refractivity contribution is 5.81. The van der Waals surface area contributed by atoms with Crippen LogP contribution in [0.5, 0.6) is 0 Å². The number of morpholine rings is 1. The van der Waals surface area contributed by atoms with Crippen LogP contribution in [0.2, 0.25) is 0 Å². The number of pyridine rings is 1. The lowest BCUT2D eigenvalue weighted by Gasteiger charge is -2.36. The standard InChI is InChI=1S/C19H25F3N4O/c20-19(21,22)17-16(15-4-1-5-23-18(15)24-17)13-26-6-2-3-14(12-26)11-25-7-9-27-10-8-25/h1,4-5,14H,2-3,6-13H2,(H,23,24)/t14-/m1/s1. The Balaban J connectivity index is 1.49. The molecule has 4 rings (SSSR count). The first kappa shape index (κ1) is 18.7. The van der Waals surface area contributed by atoms with E-state index in [0.717, 1.165) is 58.8 Å². The van der Waals surface area contributed by atoms with Crippen molar-refractivity contribution in [2.45, 2.75) is 25.6 Å². The minimum atomic E-state index is -4.40. The first-order valence-electron chi connectivity index (χ1n) is 9.56. The molecule has 0 bridgehead atoms. The number of alkyl halides is 3. The van der Waals surface area contributed by atoms with Gasteiger partial charge in [-0.05, 0) is 37.4 Å². The largest absolute Gasteiger partial charge is 0.431 e. The maximum Gasteiger partial charge on any atom is 0.431 e. The zero-order valence-corrected chi connectivity index (χ0v) is 15.3. The molecule has 1 atom stereocenters. The summed E-state index contributed by atoms with van der Waals surface area (Å²) in [7, 11) is 0. The van der Waals surface area contributed by atoms with Crippen LogP contribution in [0.15, 0.2) is 18.3 Å². The quantitative estimate of drug-likeness (QED) is 0.883. The highest BCUT2D eigenvalue weighted by atomic mass is 19.4. The molecule has 0 radical (unpaired) electrons. The number of halogens is 3. The molecule has 2 aromatic rings. The van der Waals surface area contributed by atoms with Gasteiger partial charge in [0, 0.05) is 49.9 Å². The number of piperidine rings is 1. The van der Waals surface area contributed by atoms with Crippen LogP contribution in [0.1, 0.15) is 24.1 Å². The van der Waals surface area contributed by atoms with Gasteiger partial charge in [0.05, 0.1) is 13.2 Å². The second kappa shape index (κ2) is 7.77. The molecule has 148 valence electrons. The summed E-state index contributed by atoms with van der Waals surface area (Å²) in [5.74, 6) is 0.495. The minimum Gasteiger partial charge on any atom is -0.379 e. The van der Waals surface area contributed by atoms with Gasteiger partial charge < -0.3 is 9.72 Å². The van der Waals surface area contributed by atoms with Gasteiger partial charge in [-0.15, -0.1) is 0 Å². The number of rotatable bonds is 4. The van der Waals surface area contributed by atoms with E-state index < -0.39 is 11.9 Å². The zero-order chi connectivity index (χ0) is 18.9. The molecule has 0 unspecified atom stereocenters. The zero-order valence-electron chi connectivity index (χ0n) is 15.3. The van der Waals surface area contributed by atoms with Crippen LogP contribution in [0.25, 0.3) is 11.0 Å². The van der Waals surface area contributed by atoms with E-state index >= 15 is 0 Å². The molecule has 0 aliphatic carbocycles. The van der Waals surface area contributed by atoms with Crippen LogP contribution in [-0.4, -0.2) is 65.7 Å². The van der Waals surface area contributed by atoms with Crippen LogP contribution in [0.3, 0.4) is 0 Å². The third kappa shape index (κ3) is 4.28. The second-order valence-corrected chi connectivity index (χ2v) is 7.53. The molecule has 5 nitrogen and oxygen atoms in total. The third-order valence-electron chi connectivity index (χ3n) is 5.57. The summed E-state index contributed by atoms with van der Waals surface area (Å²) in [6.45, 7) is 6.42. The molecule has 0 saturated carbocycles. The second-order valence-electron chi connectivity index (χ2n) is 7.53. The van der Waals surface area contributed by atoms with Crippen molar-refractivity contribution in [2.75, 3.05) is 45.9 Å². The number of nitrogens with zero attached hydrogens (tertiary/aromatic N) is 3. The summed E-state index contributed by atoms with van der Waals surface area (Å²) >= 11 is 0. The first-order valence-corrected chi connectivity index (χ1v) is 9.56. The molecule has 2 fully saturated rings. The van der Waals surface area contributed by atoms with E-state index in [2.05, 4.69) is 19.8 Å². The van der Waals surface area contributed by atoms with Crippen LogP contribution >= 0.6 is 0 Å². The van der Waals surface area contributed by atoms with E-state index in [1.807, 2.05) is 0 Å². The molecule has 2 saturated heterocycles. The first-order chi connectivity index (χ1) is 13.0. The van der Waals surface area contributed by atoms with Crippen molar-refractivity contribution in [3.05, 3.63) is 29.6 Å². The lowest BCUT2D eigenvalue weighted by atomic mass is 9.96. The molecular formula is C19H25F3N4O. The summed E-state index contributed by atoms with van der Waals surface area (Å²) in [6, 6.07) is 3.41. The van der Waals surface area contributed by atoms with Gasteiger partial charge in [0.15, 0.2) is 0 Å².